The van der Waals surface area contributed by atoms with Crippen molar-refractivity contribution in [3.05, 3.63) is 0 Å². The molecule has 4 atom stereocenters. The molecule has 0 spiro atoms. The van der Waals surface area contributed by atoms with Crippen LogP contribution in [0, 0.1) is 17.8 Å². The highest BCUT2D eigenvalue weighted by atomic mass is 16.5. The molecule has 1 aliphatic carbocycles. The Kier molecular flexibility index (Phi) is 4.90. The molecule has 0 aromatic rings. The van der Waals surface area contributed by atoms with Crippen molar-refractivity contribution >= 4 is 0 Å². The highest BCUT2D eigenvalue weighted by molar-refractivity contribution is 4.81. The minimum Gasteiger partial charge on any atom is -0.393 e. The van der Waals surface area contributed by atoms with Crippen molar-refractivity contribution in [2.24, 2.45) is 17.8 Å². The molecule has 0 radical (unpaired) electrons. The zero-order chi connectivity index (χ0) is 10.6. The van der Waals surface area contributed by atoms with E-state index in [0.29, 0.717) is 17.8 Å². The molecule has 1 aliphatic rings. The first kappa shape index (κ1) is 12.0. The van der Waals surface area contributed by atoms with Gasteiger partial charge in [-0.05, 0) is 37.5 Å². The van der Waals surface area contributed by atoms with Crippen LogP contribution in [0.2, 0.25) is 0 Å². The van der Waals surface area contributed by atoms with Gasteiger partial charge in [-0.3, -0.25) is 0 Å². The maximum absolute atomic E-state index is 9.95. The fraction of sp³-hybridized carbons (Fsp3) is 1.00. The second-order valence-electron chi connectivity index (χ2n) is 4.79. The summed E-state index contributed by atoms with van der Waals surface area (Å²) in [7, 11) is 0. The molecule has 0 aliphatic heterocycles. The maximum atomic E-state index is 9.95. The lowest BCUT2D eigenvalue weighted by Crippen LogP contribution is -2.34. The number of hydrogen-bond acceptors (Lipinski definition) is 2. The Bertz CT molecular complexity index is 158. The van der Waals surface area contributed by atoms with E-state index in [9.17, 15) is 5.11 Å². The summed E-state index contributed by atoms with van der Waals surface area (Å²) >= 11 is 0. The van der Waals surface area contributed by atoms with Gasteiger partial charge in [0.1, 0.15) is 0 Å². The summed E-state index contributed by atoms with van der Waals surface area (Å²) < 4.78 is 5.41. The fourth-order valence-electron chi connectivity index (χ4n) is 2.47. The summed E-state index contributed by atoms with van der Waals surface area (Å²) in [5, 5.41) is 9.95. The maximum Gasteiger partial charge on any atom is 0.0574 e. The lowest BCUT2D eigenvalue weighted by molar-refractivity contribution is -0.00537. The zero-order valence-corrected chi connectivity index (χ0v) is 9.70. The highest BCUT2D eigenvalue weighted by Crippen LogP contribution is 2.33. The first-order chi connectivity index (χ1) is 6.65. The SMILES string of the molecule is CCOCC(C)C1CCC(C)CC1O. The molecule has 1 rings (SSSR count). The van der Waals surface area contributed by atoms with Crippen LogP contribution in [-0.2, 0) is 4.74 Å². The minimum absolute atomic E-state index is 0.103. The standard InChI is InChI=1S/C12H24O2/c1-4-14-8-10(3)11-6-5-9(2)7-12(11)13/h9-13H,4-8H2,1-3H3. The van der Waals surface area contributed by atoms with E-state index in [0.717, 1.165) is 26.1 Å². The van der Waals surface area contributed by atoms with Crippen LogP contribution in [0.3, 0.4) is 0 Å². The molecule has 0 aromatic carbocycles. The third-order valence-corrected chi connectivity index (χ3v) is 3.45. The van der Waals surface area contributed by atoms with Gasteiger partial charge in [0.05, 0.1) is 6.10 Å². The van der Waals surface area contributed by atoms with E-state index in [1.54, 1.807) is 0 Å². The molecule has 84 valence electrons. The summed E-state index contributed by atoms with van der Waals surface area (Å²) in [6.45, 7) is 8.02. The lowest BCUT2D eigenvalue weighted by atomic mass is 9.75. The van der Waals surface area contributed by atoms with Crippen molar-refractivity contribution in [1.82, 2.24) is 0 Å². The van der Waals surface area contributed by atoms with E-state index in [-0.39, 0.29) is 6.10 Å². The molecule has 1 N–H and O–H groups in total. The van der Waals surface area contributed by atoms with Crippen molar-refractivity contribution in [2.75, 3.05) is 13.2 Å². The molecule has 4 unspecified atom stereocenters. The predicted octanol–water partition coefficient (Wildman–Crippen LogP) is 2.46. The van der Waals surface area contributed by atoms with Crippen LogP contribution in [0.25, 0.3) is 0 Å². The molecule has 2 nitrogen and oxygen atoms in total. The summed E-state index contributed by atoms with van der Waals surface area (Å²) in [4.78, 5) is 0. The fourth-order valence-corrected chi connectivity index (χ4v) is 2.47. The van der Waals surface area contributed by atoms with Gasteiger partial charge in [-0.25, -0.2) is 0 Å². The lowest BCUT2D eigenvalue weighted by Gasteiger charge is -2.35. The number of aliphatic hydroxyl groups excluding tert-OH is 1. The number of rotatable bonds is 4. The van der Waals surface area contributed by atoms with Crippen molar-refractivity contribution in [3.8, 4) is 0 Å². The molecule has 1 saturated carbocycles. The van der Waals surface area contributed by atoms with Gasteiger partial charge in [0.25, 0.3) is 0 Å². The van der Waals surface area contributed by atoms with Gasteiger partial charge in [0.2, 0.25) is 0 Å². The first-order valence-corrected chi connectivity index (χ1v) is 5.91. The molecule has 14 heavy (non-hydrogen) atoms. The van der Waals surface area contributed by atoms with E-state index >= 15 is 0 Å². The largest absolute Gasteiger partial charge is 0.393 e. The summed E-state index contributed by atoms with van der Waals surface area (Å²) in [6, 6.07) is 0. The molecule has 0 aromatic heterocycles. The molecule has 2 heteroatoms. The number of hydrogen-bond donors (Lipinski definition) is 1. The number of ether oxygens (including phenoxy) is 1. The highest BCUT2D eigenvalue weighted by Gasteiger charge is 2.30. The summed E-state index contributed by atoms with van der Waals surface area (Å²) in [6.07, 6.45) is 3.30. The quantitative estimate of drug-likeness (QED) is 0.755. The van der Waals surface area contributed by atoms with Crippen LogP contribution in [0.5, 0.6) is 0 Å². The summed E-state index contributed by atoms with van der Waals surface area (Å²) in [5.41, 5.74) is 0. The van der Waals surface area contributed by atoms with Gasteiger partial charge in [-0.2, -0.15) is 0 Å². The van der Waals surface area contributed by atoms with Crippen molar-refractivity contribution in [2.45, 2.75) is 46.1 Å². The van der Waals surface area contributed by atoms with E-state index in [4.69, 9.17) is 4.74 Å². The van der Waals surface area contributed by atoms with E-state index in [1.807, 2.05) is 6.92 Å². The molecular formula is C12H24O2. The van der Waals surface area contributed by atoms with Crippen LogP contribution in [-0.4, -0.2) is 24.4 Å². The van der Waals surface area contributed by atoms with Crippen molar-refractivity contribution < 1.29 is 9.84 Å². The zero-order valence-electron chi connectivity index (χ0n) is 9.70. The van der Waals surface area contributed by atoms with Crippen molar-refractivity contribution in [3.63, 3.8) is 0 Å². The van der Waals surface area contributed by atoms with Gasteiger partial charge in [0, 0.05) is 13.2 Å². The molecule has 0 bridgehead atoms. The Hall–Kier alpha value is -0.0800. The van der Waals surface area contributed by atoms with Crippen molar-refractivity contribution in [1.29, 1.82) is 0 Å². The molecular weight excluding hydrogens is 176 g/mol. The molecule has 0 saturated heterocycles. The molecule has 1 fully saturated rings. The minimum atomic E-state index is -0.103. The second kappa shape index (κ2) is 5.72. The Labute approximate surface area is 87.7 Å². The molecule has 0 amide bonds. The Morgan fingerprint density at radius 1 is 1.43 bits per heavy atom. The van der Waals surface area contributed by atoms with Crippen LogP contribution < -0.4 is 0 Å². The topological polar surface area (TPSA) is 29.5 Å². The Balaban J connectivity index is 2.35. The van der Waals surface area contributed by atoms with E-state index in [2.05, 4.69) is 13.8 Å². The normalized spacial score (nSPS) is 35.6. The average molecular weight is 200 g/mol. The van der Waals surface area contributed by atoms with Crippen LogP contribution in [0.15, 0.2) is 0 Å². The van der Waals surface area contributed by atoms with E-state index < -0.39 is 0 Å². The van der Waals surface area contributed by atoms with Gasteiger partial charge >= 0.3 is 0 Å². The van der Waals surface area contributed by atoms with Gasteiger partial charge in [-0.15, -0.1) is 0 Å². The average Bonchev–Trinajstić information content (AvgIpc) is 2.14. The van der Waals surface area contributed by atoms with Gasteiger partial charge < -0.3 is 9.84 Å². The first-order valence-electron chi connectivity index (χ1n) is 5.91. The van der Waals surface area contributed by atoms with Crippen LogP contribution >= 0.6 is 0 Å². The molecule has 0 heterocycles. The predicted molar refractivity (Wildman–Crippen MR) is 58.2 cm³/mol. The van der Waals surface area contributed by atoms with Crippen LogP contribution in [0.1, 0.15) is 40.0 Å². The van der Waals surface area contributed by atoms with E-state index in [1.165, 1.54) is 6.42 Å². The van der Waals surface area contributed by atoms with Gasteiger partial charge in [-0.1, -0.05) is 20.3 Å². The number of aliphatic hydroxyl groups is 1. The van der Waals surface area contributed by atoms with Crippen LogP contribution in [0.4, 0.5) is 0 Å². The van der Waals surface area contributed by atoms with Gasteiger partial charge in [0.15, 0.2) is 0 Å². The monoisotopic (exact) mass is 200 g/mol. The third-order valence-electron chi connectivity index (χ3n) is 3.45. The Morgan fingerprint density at radius 3 is 2.71 bits per heavy atom. The second-order valence-corrected chi connectivity index (χ2v) is 4.79. The Morgan fingerprint density at radius 2 is 2.14 bits per heavy atom. The smallest absolute Gasteiger partial charge is 0.0574 e. The third kappa shape index (κ3) is 3.25. The summed E-state index contributed by atoms with van der Waals surface area (Å²) in [5.74, 6) is 1.65.